The van der Waals surface area contributed by atoms with Gasteiger partial charge in [0, 0.05) is 0 Å². The summed E-state index contributed by atoms with van der Waals surface area (Å²) < 4.78 is 0. The molecule has 3 aromatic carbocycles. The Morgan fingerprint density at radius 3 is 0.905 bits per heavy atom. The van der Waals surface area contributed by atoms with Gasteiger partial charge in [0.1, 0.15) is 0 Å². The van der Waals surface area contributed by atoms with Crippen LogP contribution in [0.5, 0.6) is 0 Å². The molecule has 3 heteroatoms. The second-order valence-electron chi connectivity index (χ2n) is 5.03. The van der Waals surface area contributed by atoms with Gasteiger partial charge < -0.3 is 0 Å². The third kappa shape index (κ3) is 2.42. The van der Waals surface area contributed by atoms with E-state index in [2.05, 4.69) is 72.8 Å². The number of rotatable bonds is 3. The number of hydrogen-bond acceptors (Lipinski definition) is 2. The summed E-state index contributed by atoms with van der Waals surface area (Å²) in [7, 11) is 0. The van der Waals surface area contributed by atoms with Gasteiger partial charge in [0.05, 0.1) is 0 Å². The SMILES string of the molecule is SP(S)(c1ccccc1)(c1ccccc1)c1ccccc1. The fourth-order valence-corrected chi connectivity index (χ4v) is 8.08. The molecule has 0 atom stereocenters. The van der Waals surface area contributed by atoms with Gasteiger partial charge in [-0.2, -0.15) is 0 Å². The van der Waals surface area contributed by atoms with E-state index >= 15 is 0 Å². The van der Waals surface area contributed by atoms with Crippen LogP contribution in [0.25, 0.3) is 0 Å². The van der Waals surface area contributed by atoms with Crippen molar-refractivity contribution in [2.24, 2.45) is 0 Å². The summed E-state index contributed by atoms with van der Waals surface area (Å²) in [6.45, 7) is 0. The Labute approximate surface area is 136 Å². The molecule has 3 aromatic rings. The third-order valence-corrected chi connectivity index (χ3v) is 11.7. The molecule has 0 saturated heterocycles. The quantitative estimate of drug-likeness (QED) is 0.522. The normalized spacial score (nSPS) is 13.3. The van der Waals surface area contributed by atoms with E-state index in [1.54, 1.807) is 0 Å². The maximum atomic E-state index is 5.24. The topological polar surface area (TPSA) is 0 Å². The van der Waals surface area contributed by atoms with E-state index in [1.807, 2.05) is 18.2 Å². The van der Waals surface area contributed by atoms with Crippen molar-refractivity contribution < 1.29 is 0 Å². The minimum atomic E-state index is -2.99. The first-order valence-corrected chi connectivity index (χ1v) is 11.3. The second kappa shape index (κ2) is 5.53. The van der Waals surface area contributed by atoms with Crippen molar-refractivity contribution in [3.05, 3.63) is 91.0 Å². The summed E-state index contributed by atoms with van der Waals surface area (Å²) in [5.41, 5.74) is 0. The molecule has 0 unspecified atom stereocenters. The Bertz CT molecular complexity index is 622. The van der Waals surface area contributed by atoms with E-state index in [1.165, 1.54) is 0 Å². The standard InChI is InChI=1S/C18H17PS2/c20-19(21,16-10-4-1-5-11-16,17-12-6-2-7-13-17)18-14-8-3-9-15-18/h1-15,20-21H. The van der Waals surface area contributed by atoms with Gasteiger partial charge in [-0.25, -0.2) is 0 Å². The molecule has 21 heavy (non-hydrogen) atoms. The van der Waals surface area contributed by atoms with E-state index in [0.717, 1.165) is 15.9 Å². The van der Waals surface area contributed by atoms with Crippen molar-refractivity contribution in [1.82, 2.24) is 0 Å². The summed E-state index contributed by atoms with van der Waals surface area (Å²) in [4.78, 5) is 0. The molecule has 0 nitrogen and oxygen atoms in total. The van der Waals surface area contributed by atoms with E-state index in [9.17, 15) is 0 Å². The van der Waals surface area contributed by atoms with Crippen molar-refractivity contribution in [3.63, 3.8) is 0 Å². The average Bonchev–Trinajstić information content (AvgIpc) is 2.57. The molecular formula is C18H17PS2. The third-order valence-electron chi connectivity index (χ3n) is 3.74. The molecule has 3 rings (SSSR count). The van der Waals surface area contributed by atoms with Crippen LogP contribution in [0.2, 0.25) is 0 Å². The number of hydrogen-bond donors (Lipinski definition) is 2. The van der Waals surface area contributed by atoms with E-state index < -0.39 is 5.01 Å². The molecule has 0 fully saturated rings. The molecule has 106 valence electrons. The van der Waals surface area contributed by atoms with Gasteiger partial charge in [0.25, 0.3) is 0 Å². The van der Waals surface area contributed by atoms with Crippen molar-refractivity contribution in [1.29, 1.82) is 0 Å². The zero-order chi connectivity index (χ0) is 14.8. The van der Waals surface area contributed by atoms with Crippen LogP contribution in [-0.2, 0) is 0 Å². The number of thiol groups is 2. The summed E-state index contributed by atoms with van der Waals surface area (Å²) in [5.74, 6) is 0. The Hall–Kier alpha value is -1.21. The fraction of sp³-hybridized carbons (Fsp3) is 0. The van der Waals surface area contributed by atoms with Crippen LogP contribution < -0.4 is 15.9 Å². The Morgan fingerprint density at radius 1 is 0.429 bits per heavy atom. The Balaban J connectivity index is 2.36. The van der Waals surface area contributed by atoms with Gasteiger partial charge in [0.15, 0.2) is 0 Å². The fourth-order valence-electron chi connectivity index (χ4n) is 2.58. The summed E-state index contributed by atoms with van der Waals surface area (Å²) in [6.07, 6.45) is 0. The molecule has 0 heterocycles. The first-order chi connectivity index (χ1) is 10.1. The van der Waals surface area contributed by atoms with Gasteiger partial charge >= 0.3 is 136 Å². The Kier molecular flexibility index (Phi) is 3.88. The first kappa shape index (κ1) is 14.7. The zero-order valence-corrected chi connectivity index (χ0v) is 14.2. The van der Waals surface area contributed by atoms with Crippen LogP contribution in [-0.4, -0.2) is 0 Å². The van der Waals surface area contributed by atoms with Gasteiger partial charge in [-0.3, -0.25) is 0 Å². The summed E-state index contributed by atoms with van der Waals surface area (Å²) in [6, 6.07) is 31.1. The zero-order valence-electron chi connectivity index (χ0n) is 11.5. The Morgan fingerprint density at radius 2 is 0.667 bits per heavy atom. The van der Waals surface area contributed by atoms with Crippen LogP contribution in [0.15, 0.2) is 91.0 Å². The predicted octanol–water partition coefficient (Wildman–Crippen LogP) is 4.21. The average molecular weight is 328 g/mol. The summed E-state index contributed by atoms with van der Waals surface area (Å²) in [5, 5.41) is 0.494. The van der Waals surface area contributed by atoms with Crippen molar-refractivity contribution in [2.45, 2.75) is 0 Å². The first-order valence-electron chi connectivity index (χ1n) is 6.80. The van der Waals surface area contributed by atoms with Gasteiger partial charge in [-0.15, -0.1) is 0 Å². The van der Waals surface area contributed by atoms with E-state index in [4.69, 9.17) is 24.5 Å². The molecule has 0 radical (unpaired) electrons. The predicted molar refractivity (Wildman–Crippen MR) is 103 cm³/mol. The van der Waals surface area contributed by atoms with Crippen LogP contribution >= 0.6 is 29.5 Å². The molecule has 0 spiro atoms. The van der Waals surface area contributed by atoms with Gasteiger partial charge in [-0.1, -0.05) is 0 Å². The monoisotopic (exact) mass is 328 g/mol. The van der Waals surface area contributed by atoms with Crippen LogP contribution in [0, 0.1) is 0 Å². The van der Waals surface area contributed by atoms with Crippen LogP contribution in [0.4, 0.5) is 0 Å². The van der Waals surface area contributed by atoms with Gasteiger partial charge in [-0.05, 0) is 0 Å². The van der Waals surface area contributed by atoms with Crippen molar-refractivity contribution >= 4 is 45.4 Å². The summed E-state index contributed by atoms with van der Waals surface area (Å²) >= 11 is 10.5. The van der Waals surface area contributed by atoms with Crippen molar-refractivity contribution in [3.8, 4) is 0 Å². The van der Waals surface area contributed by atoms with E-state index in [-0.39, 0.29) is 0 Å². The molecule has 0 aromatic heterocycles. The molecule has 0 saturated carbocycles. The van der Waals surface area contributed by atoms with Crippen LogP contribution in [0.3, 0.4) is 0 Å². The van der Waals surface area contributed by atoms with Crippen molar-refractivity contribution in [2.75, 3.05) is 0 Å². The molecule has 0 amide bonds. The molecule has 0 aliphatic rings. The van der Waals surface area contributed by atoms with Crippen LogP contribution in [0.1, 0.15) is 0 Å². The molecular weight excluding hydrogens is 311 g/mol. The number of benzene rings is 3. The molecule has 0 N–H and O–H groups in total. The maximum absolute atomic E-state index is 5.24. The molecule has 0 aliphatic carbocycles. The van der Waals surface area contributed by atoms with E-state index in [0.29, 0.717) is 0 Å². The molecule has 0 bridgehead atoms. The second-order valence-corrected chi connectivity index (χ2v) is 14.4. The van der Waals surface area contributed by atoms with Gasteiger partial charge in [0.2, 0.25) is 0 Å². The minimum absolute atomic E-state index is 1.16. The molecule has 0 aliphatic heterocycles.